The van der Waals surface area contributed by atoms with Gasteiger partial charge in [-0.15, -0.1) is 0 Å². The van der Waals surface area contributed by atoms with E-state index in [1.165, 1.54) is 4.31 Å². The summed E-state index contributed by atoms with van der Waals surface area (Å²) in [5.41, 5.74) is 1.96. The van der Waals surface area contributed by atoms with Crippen molar-refractivity contribution in [3.05, 3.63) is 59.7 Å². The van der Waals surface area contributed by atoms with E-state index in [1.807, 2.05) is 50.2 Å². The highest BCUT2D eigenvalue weighted by atomic mass is 79.9. The van der Waals surface area contributed by atoms with Crippen molar-refractivity contribution in [2.24, 2.45) is 0 Å². The minimum Gasteiger partial charge on any atom is -0.497 e. The number of ether oxygens (including phenoxy) is 1. The zero-order valence-corrected chi connectivity index (χ0v) is 16.5. The second kappa shape index (κ2) is 8.14. The Morgan fingerprint density at radius 1 is 1.00 bits per heavy atom. The van der Waals surface area contributed by atoms with Crippen molar-refractivity contribution in [2.75, 3.05) is 7.11 Å². The Bertz CT molecular complexity index is 756. The highest BCUT2D eigenvalue weighted by Crippen LogP contribution is 2.23. The molecule has 0 saturated carbocycles. The number of hydrogen-bond acceptors (Lipinski definition) is 3. The lowest BCUT2D eigenvalue weighted by Crippen LogP contribution is -2.36. The molecule has 2 rings (SSSR count). The summed E-state index contributed by atoms with van der Waals surface area (Å²) in [4.78, 5) is 0.314. The predicted molar refractivity (Wildman–Crippen MR) is 99.9 cm³/mol. The minimum atomic E-state index is -3.55. The number of hydrogen-bond donors (Lipinski definition) is 0. The van der Waals surface area contributed by atoms with Crippen LogP contribution in [0.25, 0.3) is 0 Å². The van der Waals surface area contributed by atoms with Crippen LogP contribution in [0.1, 0.15) is 25.0 Å². The van der Waals surface area contributed by atoms with E-state index < -0.39 is 10.0 Å². The molecule has 24 heavy (non-hydrogen) atoms. The third-order valence-electron chi connectivity index (χ3n) is 3.76. The summed E-state index contributed by atoms with van der Waals surface area (Å²) in [6.07, 6.45) is 0. The fraction of sp³-hybridized carbons (Fsp3) is 0.333. The average molecular weight is 412 g/mol. The molecule has 0 bridgehead atoms. The van der Waals surface area contributed by atoms with Gasteiger partial charge >= 0.3 is 0 Å². The first-order valence-corrected chi connectivity index (χ1v) is 10.2. The highest BCUT2D eigenvalue weighted by Gasteiger charge is 2.27. The third-order valence-corrected chi connectivity index (χ3v) is 6.44. The van der Waals surface area contributed by atoms with Gasteiger partial charge in [0.25, 0.3) is 0 Å². The third kappa shape index (κ3) is 4.37. The molecule has 0 amide bonds. The summed E-state index contributed by atoms with van der Waals surface area (Å²) in [6, 6.07) is 14.3. The molecule has 2 aromatic rings. The van der Waals surface area contributed by atoms with E-state index in [1.54, 1.807) is 19.2 Å². The summed E-state index contributed by atoms with van der Waals surface area (Å²) in [7, 11) is -1.94. The molecule has 0 unspecified atom stereocenters. The van der Waals surface area contributed by atoms with Gasteiger partial charge in [-0.3, -0.25) is 0 Å². The van der Waals surface area contributed by atoms with Gasteiger partial charge in [-0.25, -0.2) is 8.42 Å². The van der Waals surface area contributed by atoms with E-state index in [0.717, 1.165) is 16.9 Å². The smallest absolute Gasteiger partial charge is 0.243 e. The first kappa shape index (κ1) is 19.0. The van der Waals surface area contributed by atoms with Gasteiger partial charge in [0.15, 0.2) is 0 Å². The molecule has 0 heterocycles. The summed E-state index contributed by atoms with van der Waals surface area (Å²) < 4.78 is 32.6. The number of nitrogens with zero attached hydrogens (tertiary/aromatic N) is 1. The molecule has 0 aliphatic heterocycles. The summed E-state index contributed by atoms with van der Waals surface area (Å²) in [5.74, 6) is 0.753. The standard InChI is InChI=1S/C18H22BrNO3S/c1-14(2)20(13-16-4-8-17(23-3)9-5-16)24(21,22)18-10-6-15(12-19)7-11-18/h4-11,14H,12-13H2,1-3H3. The van der Waals surface area contributed by atoms with Crippen LogP contribution in [0.4, 0.5) is 0 Å². The van der Waals surface area contributed by atoms with E-state index in [0.29, 0.717) is 16.8 Å². The molecule has 0 saturated heterocycles. The van der Waals surface area contributed by atoms with Crippen LogP contribution >= 0.6 is 15.9 Å². The molecule has 0 radical (unpaired) electrons. The van der Waals surface area contributed by atoms with Gasteiger partial charge in [0.05, 0.1) is 12.0 Å². The molecule has 4 nitrogen and oxygen atoms in total. The highest BCUT2D eigenvalue weighted by molar-refractivity contribution is 9.08. The van der Waals surface area contributed by atoms with Crippen molar-refractivity contribution in [1.82, 2.24) is 4.31 Å². The Hall–Kier alpha value is -1.37. The fourth-order valence-electron chi connectivity index (χ4n) is 2.34. The molecule has 0 atom stereocenters. The zero-order chi connectivity index (χ0) is 17.7. The van der Waals surface area contributed by atoms with Gasteiger partial charge in [-0.1, -0.05) is 40.2 Å². The van der Waals surface area contributed by atoms with Crippen LogP contribution in [-0.4, -0.2) is 25.9 Å². The van der Waals surface area contributed by atoms with Crippen LogP contribution in [0.5, 0.6) is 5.75 Å². The molecular formula is C18H22BrNO3S. The number of methoxy groups -OCH3 is 1. The minimum absolute atomic E-state index is 0.145. The van der Waals surface area contributed by atoms with E-state index in [2.05, 4.69) is 15.9 Å². The molecule has 0 fully saturated rings. The Labute approximate surface area is 152 Å². The first-order chi connectivity index (χ1) is 11.4. The van der Waals surface area contributed by atoms with Gasteiger partial charge in [0.2, 0.25) is 10.0 Å². The van der Waals surface area contributed by atoms with Crippen LogP contribution in [0.3, 0.4) is 0 Å². The van der Waals surface area contributed by atoms with Gasteiger partial charge in [-0.2, -0.15) is 4.31 Å². The summed E-state index contributed by atoms with van der Waals surface area (Å²) >= 11 is 3.37. The van der Waals surface area contributed by atoms with E-state index in [9.17, 15) is 8.42 Å². The average Bonchev–Trinajstić information content (AvgIpc) is 2.59. The van der Waals surface area contributed by atoms with Crippen LogP contribution in [-0.2, 0) is 21.9 Å². The zero-order valence-electron chi connectivity index (χ0n) is 14.1. The van der Waals surface area contributed by atoms with Crippen molar-refractivity contribution < 1.29 is 13.2 Å². The maximum Gasteiger partial charge on any atom is 0.243 e. The number of alkyl halides is 1. The first-order valence-electron chi connectivity index (χ1n) is 7.68. The van der Waals surface area contributed by atoms with E-state index in [4.69, 9.17) is 4.74 Å². The van der Waals surface area contributed by atoms with Crippen molar-refractivity contribution in [3.63, 3.8) is 0 Å². The lowest BCUT2D eigenvalue weighted by Gasteiger charge is -2.26. The summed E-state index contributed by atoms with van der Waals surface area (Å²) in [5, 5.41) is 0.701. The van der Waals surface area contributed by atoms with E-state index >= 15 is 0 Å². The molecule has 0 aromatic heterocycles. The number of sulfonamides is 1. The molecule has 0 aliphatic rings. The monoisotopic (exact) mass is 411 g/mol. The lowest BCUT2D eigenvalue weighted by molar-refractivity contribution is 0.348. The number of rotatable bonds is 7. The fourth-order valence-corrected chi connectivity index (χ4v) is 4.34. The Kier molecular flexibility index (Phi) is 6.43. The molecule has 0 N–H and O–H groups in total. The molecule has 6 heteroatoms. The van der Waals surface area contributed by atoms with Crippen LogP contribution < -0.4 is 4.74 Å². The van der Waals surface area contributed by atoms with Gasteiger partial charge in [0.1, 0.15) is 5.75 Å². The Morgan fingerprint density at radius 2 is 1.54 bits per heavy atom. The summed E-state index contributed by atoms with van der Waals surface area (Å²) in [6.45, 7) is 4.09. The van der Waals surface area contributed by atoms with E-state index in [-0.39, 0.29) is 6.04 Å². The SMILES string of the molecule is COc1ccc(CN(C(C)C)S(=O)(=O)c2ccc(CBr)cc2)cc1. The largest absolute Gasteiger partial charge is 0.497 e. The van der Waals surface area contributed by atoms with Gasteiger partial charge in [0, 0.05) is 17.9 Å². The van der Waals surface area contributed by atoms with Crippen molar-refractivity contribution >= 4 is 26.0 Å². The number of benzene rings is 2. The number of halogens is 1. The molecule has 0 spiro atoms. The maximum absolute atomic E-state index is 13.0. The Morgan fingerprint density at radius 3 is 2.00 bits per heavy atom. The Balaban J connectivity index is 2.30. The van der Waals surface area contributed by atoms with Crippen LogP contribution in [0.15, 0.2) is 53.4 Å². The lowest BCUT2D eigenvalue weighted by atomic mass is 10.2. The molecule has 130 valence electrons. The molecule has 2 aromatic carbocycles. The normalized spacial score (nSPS) is 11.9. The second-order valence-electron chi connectivity index (χ2n) is 5.77. The topological polar surface area (TPSA) is 46.6 Å². The maximum atomic E-state index is 13.0. The van der Waals surface area contributed by atoms with Crippen LogP contribution in [0, 0.1) is 0 Å². The van der Waals surface area contributed by atoms with Crippen molar-refractivity contribution in [2.45, 2.75) is 36.7 Å². The van der Waals surface area contributed by atoms with Crippen LogP contribution in [0.2, 0.25) is 0 Å². The molecular weight excluding hydrogens is 390 g/mol. The second-order valence-corrected chi connectivity index (χ2v) is 8.22. The molecule has 0 aliphatic carbocycles. The van der Waals surface area contributed by atoms with Crippen molar-refractivity contribution in [1.29, 1.82) is 0 Å². The van der Waals surface area contributed by atoms with Crippen molar-refractivity contribution in [3.8, 4) is 5.75 Å². The quantitative estimate of drug-likeness (QED) is 0.641. The van der Waals surface area contributed by atoms with Gasteiger partial charge in [-0.05, 0) is 49.2 Å². The predicted octanol–water partition coefficient (Wildman–Crippen LogP) is 4.19. The van der Waals surface area contributed by atoms with Gasteiger partial charge < -0.3 is 4.74 Å².